The van der Waals surface area contributed by atoms with E-state index in [4.69, 9.17) is 0 Å². The highest BCUT2D eigenvalue weighted by Gasteiger charge is 1.96. The normalized spacial score (nSPS) is 9.30. The molecule has 10 heavy (non-hydrogen) atoms. The molecular formula is C7H8N2O. The predicted molar refractivity (Wildman–Crippen MR) is 36.4 cm³/mol. The van der Waals surface area contributed by atoms with E-state index in [0.29, 0.717) is 12.2 Å². The Morgan fingerprint density at radius 3 is 2.60 bits per heavy atom. The molecule has 1 aromatic heterocycles. The van der Waals surface area contributed by atoms with E-state index in [9.17, 15) is 4.79 Å². The Labute approximate surface area is 59.1 Å². The minimum atomic E-state index is 0.0891. The van der Waals surface area contributed by atoms with Crippen LogP contribution in [0, 0.1) is 0 Å². The maximum absolute atomic E-state index is 10.5. The summed E-state index contributed by atoms with van der Waals surface area (Å²) in [6, 6.07) is 1.73. The Balaban J connectivity index is 2.67. The lowest BCUT2D eigenvalue weighted by molar-refractivity contribution is -0.116. The van der Waals surface area contributed by atoms with E-state index < -0.39 is 0 Å². The molecule has 0 aliphatic rings. The number of aromatic nitrogens is 2. The van der Waals surface area contributed by atoms with Crippen molar-refractivity contribution < 1.29 is 4.79 Å². The Hall–Kier alpha value is -1.25. The molecular weight excluding hydrogens is 128 g/mol. The van der Waals surface area contributed by atoms with E-state index in [1.807, 2.05) is 0 Å². The molecule has 3 heteroatoms. The number of hydrogen-bond donors (Lipinski definition) is 0. The van der Waals surface area contributed by atoms with Gasteiger partial charge in [-0.05, 0) is 13.0 Å². The van der Waals surface area contributed by atoms with Crippen LogP contribution in [0.15, 0.2) is 18.5 Å². The zero-order chi connectivity index (χ0) is 7.40. The number of Topliss-reactive ketones (excluding diaryl/α,β-unsaturated/α-hetero) is 1. The van der Waals surface area contributed by atoms with Crippen molar-refractivity contribution in [3.63, 3.8) is 0 Å². The molecule has 0 bridgehead atoms. The summed E-state index contributed by atoms with van der Waals surface area (Å²) in [5.41, 5.74) is 0. The van der Waals surface area contributed by atoms with Crippen molar-refractivity contribution >= 4 is 5.78 Å². The number of ketones is 1. The van der Waals surface area contributed by atoms with Crippen LogP contribution in [0.3, 0.4) is 0 Å². The van der Waals surface area contributed by atoms with Gasteiger partial charge in [-0.1, -0.05) is 0 Å². The topological polar surface area (TPSA) is 42.9 Å². The van der Waals surface area contributed by atoms with E-state index in [2.05, 4.69) is 9.97 Å². The summed E-state index contributed by atoms with van der Waals surface area (Å²) in [6.07, 6.45) is 3.59. The minimum Gasteiger partial charge on any atom is -0.300 e. The largest absolute Gasteiger partial charge is 0.300 e. The molecule has 0 unspecified atom stereocenters. The van der Waals surface area contributed by atoms with Crippen molar-refractivity contribution in [3.8, 4) is 0 Å². The van der Waals surface area contributed by atoms with Gasteiger partial charge in [0, 0.05) is 12.4 Å². The van der Waals surface area contributed by atoms with Crippen LogP contribution < -0.4 is 0 Å². The minimum absolute atomic E-state index is 0.0891. The molecule has 3 nitrogen and oxygen atoms in total. The fourth-order valence-corrected chi connectivity index (χ4v) is 0.644. The predicted octanol–water partition coefficient (Wildman–Crippen LogP) is 0.608. The lowest BCUT2D eigenvalue weighted by Gasteiger charge is -1.91. The van der Waals surface area contributed by atoms with Gasteiger partial charge in [0.1, 0.15) is 11.6 Å². The third-order valence-corrected chi connectivity index (χ3v) is 1.03. The molecule has 0 saturated carbocycles. The summed E-state index contributed by atoms with van der Waals surface area (Å²) >= 11 is 0. The van der Waals surface area contributed by atoms with E-state index in [1.54, 1.807) is 18.5 Å². The van der Waals surface area contributed by atoms with Gasteiger partial charge in [-0.25, -0.2) is 9.97 Å². The number of carbonyl (C=O) groups excluding carboxylic acids is 1. The van der Waals surface area contributed by atoms with E-state index in [-0.39, 0.29) is 5.78 Å². The van der Waals surface area contributed by atoms with Crippen LogP contribution in [0.4, 0.5) is 0 Å². The molecule has 0 radical (unpaired) electrons. The molecule has 0 aliphatic heterocycles. The lowest BCUT2D eigenvalue weighted by atomic mass is 10.3. The van der Waals surface area contributed by atoms with Crippen LogP contribution in [0.1, 0.15) is 12.7 Å². The lowest BCUT2D eigenvalue weighted by Crippen LogP contribution is -2.00. The highest BCUT2D eigenvalue weighted by Crippen LogP contribution is 1.88. The average Bonchev–Trinajstić information content (AvgIpc) is 1.88. The zero-order valence-electron chi connectivity index (χ0n) is 5.74. The molecule has 0 N–H and O–H groups in total. The van der Waals surface area contributed by atoms with Crippen molar-refractivity contribution in [2.24, 2.45) is 0 Å². The maximum Gasteiger partial charge on any atom is 0.137 e. The third-order valence-electron chi connectivity index (χ3n) is 1.03. The quantitative estimate of drug-likeness (QED) is 0.598. The second kappa shape index (κ2) is 3.06. The standard InChI is InChI=1S/C7H8N2O/c1-6(10)5-7-8-3-2-4-9-7/h2-4H,5H2,1H3. The van der Waals surface area contributed by atoms with Gasteiger partial charge in [-0.3, -0.25) is 4.79 Å². The first kappa shape index (κ1) is 6.86. The molecule has 0 aromatic carbocycles. The molecule has 0 aliphatic carbocycles. The number of hydrogen-bond acceptors (Lipinski definition) is 3. The first-order chi connectivity index (χ1) is 4.79. The summed E-state index contributed by atoms with van der Waals surface area (Å²) in [5, 5.41) is 0. The average molecular weight is 136 g/mol. The highest BCUT2D eigenvalue weighted by molar-refractivity contribution is 5.77. The van der Waals surface area contributed by atoms with Gasteiger partial charge in [-0.15, -0.1) is 0 Å². The molecule has 0 fully saturated rings. The van der Waals surface area contributed by atoms with Gasteiger partial charge >= 0.3 is 0 Å². The molecule has 0 saturated heterocycles. The summed E-state index contributed by atoms with van der Waals surface area (Å²) in [4.78, 5) is 18.3. The summed E-state index contributed by atoms with van der Waals surface area (Å²) in [5.74, 6) is 0.682. The number of carbonyl (C=O) groups is 1. The second-order valence-electron chi connectivity index (χ2n) is 2.04. The Bertz CT molecular complexity index is 220. The van der Waals surface area contributed by atoms with Gasteiger partial charge in [0.2, 0.25) is 0 Å². The monoisotopic (exact) mass is 136 g/mol. The fraction of sp³-hybridized carbons (Fsp3) is 0.286. The first-order valence-electron chi connectivity index (χ1n) is 3.04. The van der Waals surface area contributed by atoms with Crippen LogP contribution in [0.25, 0.3) is 0 Å². The van der Waals surface area contributed by atoms with E-state index in [0.717, 1.165) is 0 Å². The van der Waals surface area contributed by atoms with Gasteiger partial charge < -0.3 is 0 Å². The number of rotatable bonds is 2. The molecule has 52 valence electrons. The fourth-order valence-electron chi connectivity index (χ4n) is 0.644. The maximum atomic E-state index is 10.5. The van der Waals surface area contributed by atoms with Gasteiger partial charge in [0.25, 0.3) is 0 Å². The SMILES string of the molecule is CC(=O)Cc1ncccn1. The molecule has 0 amide bonds. The smallest absolute Gasteiger partial charge is 0.137 e. The molecule has 1 rings (SSSR count). The first-order valence-corrected chi connectivity index (χ1v) is 3.04. The van der Waals surface area contributed by atoms with Crippen molar-refractivity contribution in [2.75, 3.05) is 0 Å². The Morgan fingerprint density at radius 1 is 1.50 bits per heavy atom. The highest BCUT2D eigenvalue weighted by atomic mass is 16.1. The van der Waals surface area contributed by atoms with Crippen molar-refractivity contribution in [1.29, 1.82) is 0 Å². The van der Waals surface area contributed by atoms with Gasteiger partial charge in [0.05, 0.1) is 6.42 Å². The molecule has 0 atom stereocenters. The summed E-state index contributed by atoms with van der Waals surface area (Å²) in [7, 11) is 0. The molecule has 1 aromatic rings. The zero-order valence-corrected chi connectivity index (χ0v) is 5.74. The summed E-state index contributed by atoms with van der Waals surface area (Å²) < 4.78 is 0. The van der Waals surface area contributed by atoms with Crippen LogP contribution >= 0.6 is 0 Å². The van der Waals surface area contributed by atoms with E-state index in [1.165, 1.54) is 6.92 Å². The van der Waals surface area contributed by atoms with Crippen LogP contribution in [0.2, 0.25) is 0 Å². The Morgan fingerprint density at radius 2 is 2.10 bits per heavy atom. The van der Waals surface area contributed by atoms with Crippen molar-refractivity contribution in [2.45, 2.75) is 13.3 Å². The third kappa shape index (κ3) is 1.93. The molecule has 1 heterocycles. The van der Waals surface area contributed by atoms with Crippen LogP contribution in [-0.2, 0) is 11.2 Å². The molecule has 0 spiro atoms. The van der Waals surface area contributed by atoms with Gasteiger partial charge in [0.15, 0.2) is 0 Å². The van der Waals surface area contributed by atoms with Crippen molar-refractivity contribution in [1.82, 2.24) is 9.97 Å². The number of nitrogens with zero attached hydrogens (tertiary/aromatic N) is 2. The second-order valence-corrected chi connectivity index (χ2v) is 2.04. The Kier molecular flexibility index (Phi) is 2.10. The van der Waals surface area contributed by atoms with E-state index >= 15 is 0 Å². The summed E-state index contributed by atoms with van der Waals surface area (Å²) in [6.45, 7) is 1.52. The van der Waals surface area contributed by atoms with Crippen molar-refractivity contribution in [3.05, 3.63) is 24.3 Å². The van der Waals surface area contributed by atoms with Gasteiger partial charge in [-0.2, -0.15) is 0 Å². The van der Waals surface area contributed by atoms with Crippen LogP contribution in [0.5, 0.6) is 0 Å². The van der Waals surface area contributed by atoms with Crippen LogP contribution in [-0.4, -0.2) is 15.8 Å².